The van der Waals surface area contributed by atoms with E-state index in [1.165, 1.54) is 6.07 Å². The van der Waals surface area contributed by atoms with Crippen LogP contribution in [-0.4, -0.2) is 18.4 Å². The maximum Gasteiger partial charge on any atom is 0.257 e. The van der Waals surface area contributed by atoms with E-state index in [0.717, 1.165) is 12.5 Å². The lowest BCUT2D eigenvalue weighted by atomic mass is 10.1. The van der Waals surface area contributed by atoms with Crippen LogP contribution in [0.4, 0.5) is 10.1 Å². The van der Waals surface area contributed by atoms with E-state index < -0.39 is 11.7 Å². The second-order valence-corrected chi connectivity index (χ2v) is 5.85. The average molecular weight is 369 g/mol. The Labute approximate surface area is 149 Å². The Bertz CT molecular complexity index is 764. The number of nitrogens with one attached hydrogen (secondary N) is 2. The number of hydrogen-bond donors (Lipinski definition) is 2. The molecule has 0 atom stereocenters. The Morgan fingerprint density at radius 2 is 1.71 bits per heavy atom. The smallest absolute Gasteiger partial charge is 0.257 e. The summed E-state index contributed by atoms with van der Waals surface area (Å²) in [6.45, 7) is 2.56. The highest BCUT2D eigenvalue weighted by Crippen LogP contribution is 2.25. The van der Waals surface area contributed by atoms with Crippen molar-refractivity contribution in [1.29, 1.82) is 0 Å². The Balaban J connectivity index is 2.10. The standard InChI is InChI=1S/C17H15Cl2FN2O2/c1-2-7-21-16(23)10-3-5-11(6-4-10)22-17(24)12-8-15(20)14(19)9-13(12)18/h3-6,8-9H,2,7H2,1H3,(H,21,23)(H,22,24). The molecule has 0 aliphatic rings. The van der Waals surface area contributed by atoms with E-state index in [1.54, 1.807) is 24.3 Å². The molecule has 2 aromatic rings. The molecule has 0 radical (unpaired) electrons. The quantitative estimate of drug-likeness (QED) is 0.761. The Morgan fingerprint density at radius 3 is 2.33 bits per heavy atom. The molecule has 2 rings (SSSR count). The number of rotatable bonds is 5. The van der Waals surface area contributed by atoms with Crippen molar-refractivity contribution in [3.63, 3.8) is 0 Å². The number of carbonyl (C=O) groups excluding carboxylic acids is 2. The van der Waals surface area contributed by atoms with E-state index in [0.29, 0.717) is 17.8 Å². The molecule has 4 nitrogen and oxygen atoms in total. The van der Waals surface area contributed by atoms with Gasteiger partial charge in [0.2, 0.25) is 0 Å². The summed E-state index contributed by atoms with van der Waals surface area (Å²) in [5.74, 6) is -1.48. The van der Waals surface area contributed by atoms with Gasteiger partial charge in [0.1, 0.15) is 5.82 Å². The van der Waals surface area contributed by atoms with Crippen molar-refractivity contribution in [3.8, 4) is 0 Å². The van der Waals surface area contributed by atoms with Crippen LogP contribution in [0.25, 0.3) is 0 Å². The molecule has 2 aromatic carbocycles. The first kappa shape index (κ1) is 18.2. The predicted molar refractivity (Wildman–Crippen MR) is 93.4 cm³/mol. The van der Waals surface area contributed by atoms with Crippen LogP contribution in [0.3, 0.4) is 0 Å². The van der Waals surface area contributed by atoms with Crippen molar-refractivity contribution in [2.45, 2.75) is 13.3 Å². The first-order valence-corrected chi connectivity index (χ1v) is 8.02. The summed E-state index contributed by atoms with van der Waals surface area (Å²) in [7, 11) is 0. The predicted octanol–water partition coefficient (Wildman–Crippen LogP) is 4.52. The van der Waals surface area contributed by atoms with Gasteiger partial charge < -0.3 is 10.6 Å². The molecule has 0 aliphatic carbocycles. The first-order chi connectivity index (χ1) is 11.4. The van der Waals surface area contributed by atoms with E-state index >= 15 is 0 Å². The third kappa shape index (κ3) is 4.46. The number of carbonyl (C=O) groups is 2. The third-order valence-electron chi connectivity index (χ3n) is 3.20. The normalized spacial score (nSPS) is 10.3. The van der Waals surface area contributed by atoms with E-state index in [-0.39, 0.29) is 21.5 Å². The van der Waals surface area contributed by atoms with Crippen LogP contribution in [0.1, 0.15) is 34.1 Å². The minimum Gasteiger partial charge on any atom is -0.352 e. The number of benzene rings is 2. The summed E-state index contributed by atoms with van der Waals surface area (Å²) in [6.07, 6.45) is 0.846. The van der Waals surface area contributed by atoms with Gasteiger partial charge in [-0.25, -0.2) is 4.39 Å². The maximum absolute atomic E-state index is 13.5. The van der Waals surface area contributed by atoms with Crippen molar-refractivity contribution in [3.05, 3.63) is 63.4 Å². The lowest BCUT2D eigenvalue weighted by molar-refractivity contribution is 0.0953. The molecule has 2 amide bonds. The topological polar surface area (TPSA) is 58.2 Å². The SMILES string of the molecule is CCCNC(=O)c1ccc(NC(=O)c2cc(F)c(Cl)cc2Cl)cc1. The zero-order valence-corrected chi connectivity index (χ0v) is 14.3. The van der Waals surface area contributed by atoms with Crippen molar-refractivity contribution in [1.82, 2.24) is 5.32 Å². The molecule has 2 N–H and O–H groups in total. The van der Waals surface area contributed by atoms with Crippen molar-refractivity contribution in [2.24, 2.45) is 0 Å². The highest BCUT2D eigenvalue weighted by atomic mass is 35.5. The fraction of sp³-hybridized carbons (Fsp3) is 0.176. The Hall–Kier alpha value is -2.11. The Morgan fingerprint density at radius 1 is 1.04 bits per heavy atom. The third-order valence-corrected chi connectivity index (χ3v) is 3.80. The molecular formula is C17H15Cl2FN2O2. The van der Waals surface area contributed by atoms with Gasteiger partial charge in [0.25, 0.3) is 11.8 Å². The zero-order valence-electron chi connectivity index (χ0n) is 12.8. The largest absolute Gasteiger partial charge is 0.352 e. The molecule has 0 unspecified atom stereocenters. The van der Waals surface area contributed by atoms with E-state index in [1.807, 2.05) is 6.92 Å². The van der Waals surface area contributed by atoms with Gasteiger partial charge >= 0.3 is 0 Å². The molecule has 126 valence electrons. The summed E-state index contributed by atoms with van der Waals surface area (Å²) in [6, 6.07) is 8.49. The van der Waals surface area contributed by atoms with Crippen LogP contribution in [0.2, 0.25) is 10.0 Å². The fourth-order valence-corrected chi connectivity index (χ4v) is 2.41. The van der Waals surface area contributed by atoms with Gasteiger partial charge in [-0.2, -0.15) is 0 Å². The molecular weight excluding hydrogens is 354 g/mol. The summed E-state index contributed by atoms with van der Waals surface area (Å²) in [4.78, 5) is 24.0. The van der Waals surface area contributed by atoms with Gasteiger partial charge in [-0.15, -0.1) is 0 Å². The van der Waals surface area contributed by atoms with Crippen molar-refractivity contribution in [2.75, 3.05) is 11.9 Å². The molecule has 0 aromatic heterocycles. The first-order valence-electron chi connectivity index (χ1n) is 7.26. The van der Waals surface area contributed by atoms with Gasteiger partial charge in [0, 0.05) is 17.8 Å². The lowest BCUT2D eigenvalue weighted by Crippen LogP contribution is -2.23. The van der Waals surface area contributed by atoms with Gasteiger partial charge in [0.05, 0.1) is 15.6 Å². The van der Waals surface area contributed by atoms with Crippen molar-refractivity contribution < 1.29 is 14.0 Å². The molecule has 0 aliphatic heterocycles. The Kier molecular flexibility index (Phi) is 6.17. The summed E-state index contributed by atoms with van der Waals surface area (Å²) < 4.78 is 13.5. The molecule has 0 fully saturated rings. The number of amides is 2. The van der Waals surface area contributed by atoms with Crippen LogP contribution < -0.4 is 10.6 Å². The monoisotopic (exact) mass is 368 g/mol. The summed E-state index contributed by atoms with van der Waals surface area (Å²) in [5.41, 5.74) is 0.916. The second-order valence-electron chi connectivity index (χ2n) is 5.03. The second kappa shape index (κ2) is 8.13. The van der Waals surface area contributed by atoms with Gasteiger partial charge in [-0.1, -0.05) is 30.1 Å². The maximum atomic E-state index is 13.5. The summed E-state index contributed by atoms with van der Waals surface area (Å²) >= 11 is 11.5. The van der Waals surface area contributed by atoms with Crippen LogP contribution in [-0.2, 0) is 0 Å². The summed E-state index contributed by atoms with van der Waals surface area (Å²) in [5, 5.41) is 5.24. The average Bonchev–Trinajstić information content (AvgIpc) is 2.56. The van der Waals surface area contributed by atoms with E-state index in [4.69, 9.17) is 23.2 Å². The minimum atomic E-state index is -0.728. The fourth-order valence-electron chi connectivity index (χ4n) is 1.94. The van der Waals surface area contributed by atoms with Crippen LogP contribution in [0.15, 0.2) is 36.4 Å². The van der Waals surface area contributed by atoms with Gasteiger partial charge in [-0.3, -0.25) is 9.59 Å². The molecule has 7 heteroatoms. The molecule has 0 saturated carbocycles. The highest BCUT2D eigenvalue weighted by Gasteiger charge is 2.14. The number of hydrogen-bond acceptors (Lipinski definition) is 2. The van der Waals surface area contributed by atoms with Gasteiger partial charge in [0.15, 0.2) is 0 Å². The van der Waals surface area contributed by atoms with Crippen LogP contribution in [0.5, 0.6) is 0 Å². The van der Waals surface area contributed by atoms with E-state index in [9.17, 15) is 14.0 Å². The lowest BCUT2D eigenvalue weighted by Gasteiger charge is -2.09. The minimum absolute atomic E-state index is 0.0247. The zero-order chi connectivity index (χ0) is 17.7. The van der Waals surface area contributed by atoms with Crippen LogP contribution in [0, 0.1) is 5.82 Å². The molecule has 0 spiro atoms. The molecule has 0 saturated heterocycles. The molecule has 0 heterocycles. The molecule has 24 heavy (non-hydrogen) atoms. The number of halogens is 3. The van der Waals surface area contributed by atoms with Crippen LogP contribution >= 0.6 is 23.2 Å². The number of anilines is 1. The van der Waals surface area contributed by atoms with E-state index in [2.05, 4.69) is 10.6 Å². The highest BCUT2D eigenvalue weighted by molar-refractivity contribution is 6.37. The van der Waals surface area contributed by atoms with Gasteiger partial charge in [-0.05, 0) is 42.8 Å². The molecule has 0 bridgehead atoms. The van der Waals surface area contributed by atoms with Crippen molar-refractivity contribution >= 4 is 40.7 Å².